The van der Waals surface area contributed by atoms with Crippen molar-refractivity contribution in [2.24, 2.45) is 0 Å². The third-order valence-corrected chi connectivity index (χ3v) is 0. The Bertz CT molecular complexity index is 48.9. The first-order valence-corrected chi connectivity index (χ1v) is 1.37. The van der Waals surface area contributed by atoms with Crippen LogP contribution in [0.3, 0.4) is 0 Å². The van der Waals surface area contributed by atoms with Crippen LogP contribution in [0.4, 0.5) is 0 Å². The average Bonchev–Trinajstić information content (AvgIpc) is 1.41. The van der Waals surface area contributed by atoms with Crippen molar-refractivity contribution in [3.05, 3.63) is 0 Å². The second kappa shape index (κ2) is 61.6. The van der Waals surface area contributed by atoms with Crippen molar-refractivity contribution in [1.29, 1.82) is 0 Å². The summed E-state index contributed by atoms with van der Waals surface area (Å²) in [6.45, 7) is 1.08. The fourth-order valence-corrected chi connectivity index (χ4v) is 0. The molecule has 0 bridgehead atoms. The Morgan fingerprint density at radius 3 is 1.18 bits per heavy atom. The molecule has 0 rings (SSSR count). The molecular weight excluding hydrogens is 317 g/mol. The monoisotopic (exact) mass is 334 g/mol. The van der Waals surface area contributed by atoms with E-state index in [0.29, 0.717) is 0 Å². The average molecular weight is 333 g/mol. The molecule has 6 nitrogen and oxygen atoms in total. The predicted octanol–water partition coefficient (Wildman–Crippen LogP) is -2.93. The molecule has 0 aliphatic carbocycles. The van der Waals surface area contributed by atoms with E-state index in [1.807, 2.05) is 0 Å². The van der Waals surface area contributed by atoms with Crippen LogP contribution in [0.15, 0.2) is 0 Å². The fourth-order valence-electron chi connectivity index (χ4n) is 0. The molecule has 0 heterocycles. The molecule has 0 saturated carbocycles. The van der Waals surface area contributed by atoms with Crippen LogP contribution in [-0.2, 0) is 26.5 Å². The number of aliphatic hydroxyl groups excluding tert-OH is 1. The van der Waals surface area contributed by atoms with Crippen LogP contribution in [-0.4, -0.2) is 88.6 Å². The SMILES string of the molecule is CC(=O)O.CO.O.O.O.[Ba+2].[H-].[H-].[Ti]. The summed E-state index contributed by atoms with van der Waals surface area (Å²) in [5, 5.41) is 14.4. The van der Waals surface area contributed by atoms with Crippen molar-refractivity contribution < 1.29 is 56.0 Å². The Morgan fingerprint density at radius 2 is 1.18 bits per heavy atom. The van der Waals surface area contributed by atoms with Gasteiger partial charge in [-0.15, -0.1) is 0 Å². The van der Waals surface area contributed by atoms with Crippen molar-refractivity contribution in [3.8, 4) is 0 Å². The van der Waals surface area contributed by atoms with Crippen LogP contribution in [0, 0.1) is 0 Å². The number of hydrogen-bond acceptors (Lipinski definition) is 2. The van der Waals surface area contributed by atoms with Gasteiger partial charge >= 0.3 is 48.9 Å². The largest absolute Gasteiger partial charge is 2.00 e. The Kier molecular flexibility index (Phi) is 303. The number of rotatable bonds is 0. The summed E-state index contributed by atoms with van der Waals surface area (Å²) in [5.41, 5.74) is 0. The van der Waals surface area contributed by atoms with Gasteiger partial charge in [-0.3, -0.25) is 4.79 Å². The number of carboxylic acids is 1. The molecule has 0 amide bonds. The quantitative estimate of drug-likeness (QED) is 0.456. The van der Waals surface area contributed by atoms with Crippen LogP contribution in [0.25, 0.3) is 0 Å². The first-order chi connectivity index (χ1) is 2.73. The maximum Gasteiger partial charge on any atom is 2.00 e. The Hall–Kier alpha value is 1.60. The maximum atomic E-state index is 9.00. The van der Waals surface area contributed by atoms with Crippen LogP contribution < -0.4 is 0 Å². The summed E-state index contributed by atoms with van der Waals surface area (Å²) >= 11 is 0. The molecule has 0 atom stereocenters. The number of carboxylic acid groups (broad SMARTS) is 1. The molecule has 0 aromatic heterocycles. The molecule has 8 N–H and O–H groups in total. The molecular formula is C3H16BaO6Ti. The number of hydrogen-bond donors (Lipinski definition) is 2. The molecule has 0 unspecified atom stereocenters. The van der Waals surface area contributed by atoms with Gasteiger partial charge in [-0.1, -0.05) is 0 Å². The first-order valence-electron chi connectivity index (χ1n) is 1.37. The van der Waals surface area contributed by atoms with Gasteiger partial charge in [0.2, 0.25) is 0 Å². The van der Waals surface area contributed by atoms with Gasteiger partial charge in [0, 0.05) is 35.8 Å². The molecule has 0 aliphatic heterocycles. The molecule has 70 valence electrons. The van der Waals surface area contributed by atoms with E-state index in [9.17, 15) is 0 Å². The van der Waals surface area contributed by atoms with E-state index in [1.165, 1.54) is 0 Å². The standard InChI is InChI=1S/C2H4O2.CH4O.Ba.3H2O.Ti.2H/c1-2(3)4;1-2;;;;;;;/h1H3,(H,3,4);2H,1H3;;3*1H2;;;/q;;+2;;;;;2*-1. The van der Waals surface area contributed by atoms with Gasteiger partial charge in [0.05, 0.1) is 0 Å². The van der Waals surface area contributed by atoms with E-state index in [1.54, 1.807) is 0 Å². The minimum atomic E-state index is -0.833. The van der Waals surface area contributed by atoms with Crippen molar-refractivity contribution >= 4 is 54.9 Å². The Morgan fingerprint density at radius 1 is 1.18 bits per heavy atom. The second-order valence-corrected chi connectivity index (χ2v) is 0.519. The molecule has 0 radical (unpaired) electrons. The molecule has 11 heavy (non-hydrogen) atoms. The third-order valence-electron chi connectivity index (χ3n) is 0. The zero-order valence-corrected chi connectivity index (χ0v) is 12.5. The van der Waals surface area contributed by atoms with E-state index < -0.39 is 5.97 Å². The molecule has 0 aliphatic rings. The van der Waals surface area contributed by atoms with Gasteiger partial charge in [-0.05, 0) is 0 Å². The smallest absolute Gasteiger partial charge is 1.00 e. The van der Waals surface area contributed by atoms with Gasteiger partial charge in [-0.25, -0.2) is 0 Å². The van der Waals surface area contributed by atoms with Gasteiger partial charge in [0.15, 0.2) is 0 Å². The topological polar surface area (TPSA) is 152 Å². The van der Waals surface area contributed by atoms with Gasteiger partial charge in [0.25, 0.3) is 5.97 Å². The van der Waals surface area contributed by atoms with E-state index in [2.05, 4.69) is 0 Å². The summed E-state index contributed by atoms with van der Waals surface area (Å²) in [6, 6.07) is 0. The van der Waals surface area contributed by atoms with Gasteiger partial charge < -0.3 is 29.5 Å². The normalized spacial score (nSPS) is 2.82. The first kappa shape index (κ1) is 54.1. The molecule has 8 heteroatoms. The van der Waals surface area contributed by atoms with Crippen molar-refractivity contribution in [2.75, 3.05) is 7.11 Å². The summed E-state index contributed by atoms with van der Waals surface area (Å²) in [6.07, 6.45) is 0. The van der Waals surface area contributed by atoms with Gasteiger partial charge in [-0.2, -0.15) is 0 Å². The van der Waals surface area contributed by atoms with E-state index in [0.717, 1.165) is 14.0 Å². The Balaban J connectivity index is -0.00000000242. The minimum Gasteiger partial charge on any atom is -1.00 e. The third kappa shape index (κ3) is 419. The molecule has 0 aromatic rings. The summed E-state index contributed by atoms with van der Waals surface area (Å²) < 4.78 is 0. The Labute approximate surface area is 123 Å². The van der Waals surface area contributed by atoms with Crippen molar-refractivity contribution in [1.82, 2.24) is 0 Å². The van der Waals surface area contributed by atoms with E-state index in [4.69, 9.17) is 15.0 Å². The van der Waals surface area contributed by atoms with E-state index >= 15 is 0 Å². The maximum absolute atomic E-state index is 9.00. The summed E-state index contributed by atoms with van der Waals surface area (Å²) in [7, 11) is 1.00. The minimum absolute atomic E-state index is 0. The summed E-state index contributed by atoms with van der Waals surface area (Å²) in [4.78, 5) is 9.00. The zero-order chi connectivity index (χ0) is 5.58. The fraction of sp³-hybridized carbons (Fsp3) is 0.667. The van der Waals surface area contributed by atoms with Crippen LogP contribution >= 0.6 is 0 Å². The predicted molar refractivity (Wildman–Crippen MR) is 40.3 cm³/mol. The van der Waals surface area contributed by atoms with Crippen molar-refractivity contribution in [3.63, 3.8) is 0 Å². The molecule has 0 spiro atoms. The van der Waals surface area contributed by atoms with Crippen LogP contribution in [0.5, 0.6) is 0 Å². The van der Waals surface area contributed by atoms with Crippen LogP contribution in [0.2, 0.25) is 0 Å². The van der Waals surface area contributed by atoms with Crippen LogP contribution in [0.1, 0.15) is 9.78 Å². The number of aliphatic carboxylic acids is 1. The molecule has 0 fully saturated rings. The van der Waals surface area contributed by atoms with Crippen molar-refractivity contribution in [2.45, 2.75) is 6.92 Å². The second-order valence-electron chi connectivity index (χ2n) is 0.519. The zero-order valence-electron chi connectivity index (χ0n) is 8.51. The molecule has 0 aromatic carbocycles. The summed E-state index contributed by atoms with van der Waals surface area (Å²) in [5.74, 6) is -0.833. The molecule has 0 saturated heterocycles. The number of carbonyl (C=O) groups is 1. The number of aliphatic hydroxyl groups is 1. The van der Waals surface area contributed by atoms with Gasteiger partial charge in [0.1, 0.15) is 0 Å². The van der Waals surface area contributed by atoms with E-state index in [-0.39, 0.29) is 89.9 Å².